The van der Waals surface area contributed by atoms with Gasteiger partial charge in [0.15, 0.2) is 5.82 Å². The number of unbranched alkanes of at least 4 members (excludes halogenated alkanes) is 1. The summed E-state index contributed by atoms with van der Waals surface area (Å²) in [6, 6.07) is 5.87. The minimum absolute atomic E-state index is 0.396. The number of nitrogens with one attached hydrogen (secondary N) is 2. The van der Waals surface area contributed by atoms with Crippen LogP contribution in [-0.4, -0.2) is 38.2 Å². The van der Waals surface area contributed by atoms with E-state index in [1.54, 1.807) is 24.3 Å². The average molecular weight is 302 g/mol. The Morgan fingerprint density at radius 2 is 2.05 bits per heavy atom. The van der Waals surface area contributed by atoms with E-state index in [4.69, 9.17) is 5.11 Å². The SMILES string of the molecule is CCCCC(NC(=O)c1ccc(-c2ncn[nH]2)cc1)C(=O)O. The molecule has 1 amide bonds. The monoisotopic (exact) mass is 302 g/mol. The molecule has 0 aliphatic carbocycles. The van der Waals surface area contributed by atoms with Crippen LogP contribution < -0.4 is 5.32 Å². The van der Waals surface area contributed by atoms with Gasteiger partial charge in [0.1, 0.15) is 12.4 Å². The van der Waals surface area contributed by atoms with Crippen molar-refractivity contribution in [2.75, 3.05) is 0 Å². The summed E-state index contributed by atoms with van der Waals surface area (Å²) in [6.07, 6.45) is 3.46. The molecule has 1 atom stereocenters. The van der Waals surface area contributed by atoms with Crippen LogP contribution in [0.1, 0.15) is 36.5 Å². The van der Waals surface area contributed by atoms with Crippen LogP contribution in [0.4, 0.5) is 0 Å². The molecule has 22 heavy (non-hydrogen) atoms. The molecule has 1 unspecified atom stereocenters. The lowest BCUT2D eigenvalue weighted by atomic mass is 10.1. The number of amides is 1. The zero-order valence-corrected chi connectivity index (χ0v) is 12.2. The molecule has 2 rings (SSSR count). The Bertz CT molecular complexity index is 623. The molecule has 3 N–H and O–H groups in total. The first-order chi connectivity index (χ1) is 10.6. The molecule has 0 aliphatic rings. The van der Waals surface area contributed by atoms with Crippen molar-refractivity contribution in [2.45, 2.75) is 32.2 Å². The van der Waals surface area contributed by atoms with Gasteiger partial charge < -0.3 is 10.4 Å². The maximum absolute atomic E-state index is 12.1. The lowest BCUT2D eigenvalue weighted by Crippen LogP contribution is -2.40. The summed E-state index contributed by atoms with van der Waals surface area (Å²) in [5.74, 6) is -0.800. The van der Waals surface area contributed by atoms with Gasteiger partial charge in [0.05, 0.1) is 0 Å². The fourth-order valence-electron chi connectivity index (χ4n) is 2.03. The molecule has 0 spiro atoms. The van der Waals surface area contributed by atoms with E-state index in [1.165, 1.54) is 6.33 Å². The van der Waals surface area contributed by atoms with E-state index in [0.717, 1.165) is 18.4 Å². The third-order valence-corrected chi connectivity index (χ3v) is 3.29. The molecule has 116 valence electrons. The molecule has 0 radical (unpaired) electrons. The molecule has 7 nitrogen and oxygen atoms in total. The molecular weight excluding hydrogens is 284 g/mol. The van der Waals surface area contributed by atoms with Crippen molar-refractivity contribution in [1.82, 2.24) is 20.5 Å². The highest BCUT2D eigenvalue weighted by atomic mass is 16.4. The number of benzene rings is 1. The van der Waals surface area contributed by atoms with Crippen LogP contribution in [0.2, 0.25) is 0 Å². The molecule has 1 aromatic heterocycles. The van der Waals surface area contributed by atoms with Crippen molar-refractivity contribution in [3.8, 4) is 11.4 Å². The number of aromatic amines is 1. The molecule has 0 saturated carbocycles. The number of carboxylic acid groups (broad SMARTS) is 1. The quantitative estimate of drug-likeness (QED) is 0.723. The number of carboxylic acids is 1. The van der Waals surface area contributed by atoms with Crippen molar-refractivity contribution in [3.05, 3.63) is 36.2 Å². The Balaban J connectivity index is 2.04. The second-order valence-electron chi connectivity index (χ2n) is 4.92. The molecular formula is C15H18N4O3. The van der Waals surface area contributed by atoms with Crippen LogP contribution in [0.25, 0.3) is 11.4 Å². The first kappa shape index (κ1) is 15.7. The van der Waals surface area contributed by atoms with Crippen LogP contribution in [-0.2, 0) is 4.79 Å². The highest BCUT2D eigenvalue weighted by Gasteiger charge is 2.19. The van der Waals surface area contributed by atoms with Gasteiger partial charge in [-0.05, 0) is 18.6 Å². The van der Waals surface area contributed by atoms with Crippen molar-refractivity contribution < 1.29 is 14.7 Å². The van der Waals surface area contributed by atoms with Crippen LogP contribution in [0.15, 0.2) is 30.6 Å². The van der Waals surface area contributed by atoms with Gasteiger partial charge in [0.2, 0.25) is 0 Å². The van der Waals surface area contributed by atoms with Gasteiger partial charge in [0.25, 0.3) is 5.91 Å². The maximum atomic E-state index is 12.1. The minimum Gasteiger partial charge on any atom is -0.480 e. The van der Waals surface area contributed by atoms with Crippen molar-refractivity contribution >= 4 is 11.9 Å². The predicted octanol–water partition coefficient (Wildman–Crippen LogP) is 1.84. The average Bonchev–Trinajstić information content (AvgIpc) is 3.05. The fourth-order valence-corrected chi connectivity index (χ4v) is 2.03. The second kappa shape index (κ2) is 7.35. The molecule has 7 heteroatoms. The Morgan fingerprint density at radius 1 is 1.32 bits per heavy atom. The standard InChI is InChI=1S/C15H18N4O3/c1-2-3-4-12(15(21)22)18-14(20)11-7-5-10(6-8-11)13-16-9-17-19-13/h5-9,12H,2-4H2,1H3,(H,18,20)(H,21,22)(H,16,17,19). The number of carbonyl (C=O) groups is 2. The summed E-state index contributed by atoms with van der Waals surface area (Å²) in [6.45, 7) is 1.98. The van der Waals surface area contributed by atoms with Crippen LogP contribution in [0.3, 0.4) is 0 Å². The zero-order valence-electron chi connectivity index (χ0n) is 12.2. The molecule has 0 saturated heterocycles. The maximum Gasteiger partial charge on any atom is 0.326 e. The summed E-state index contributed by atoms with van der Waals surface area (Å²) in [5.41, 5.74) is 1.21. The van der Waals surface area contributed by atoms with Gasteiger partial charge in [0, 0.05) is 11.1 Å². The van der Waals surface area contributed by atoms with E-state index >= 15 is 0 Å². The number of rotatable bonds is 7. The molecule has 2 aromatic rings. The van der Waals surface area contributed by atoms with Gasteiger partial charge >= 0.3 is 5.97 Å². The van der Waals surface area contributed by atoms with Crippen LogP contribution in [0.5, 0.6) is 0 Å². The highest BCUT2D eigenvalue weighted by Crippen LogP contribution is 2.14. The zero-order chi connectivity index (χ0) is 15.9. The van der Waals surface area contributed by atoms with Crippen LogP contribution in [0, 0.1) is 0 Å². The lowest BCUT2D eigenvalue weighted by molar-refractivity contribution is -0.139. The van der Waals surface area contributed by atoms with E-state index in [9.17, 15) is 9.59 Å². The normalized spacial score (nSPS) is 11.9. The number of carbonyl (C=O) groups excluding carboxylic acids is 1. The number of nitrogens with zero attached hydrogens (tertiary/aromatic N) is 2. The van der Waals surface area contributed by atoms with Crippen molar-refractivity contribution in [3.63, 3.8) is 0 Å². The fraction of sp³-hybridized carbons (Fsp3) is 0.333. The van der Waals surface area contributed by atoms with Gasteiger partial charge in [-0.3, -0.25) is 9.89 Å². The summed E-state index contributed by atoms with van der Waals surface area (Å²) >= 11 is 0. The first-order valence-corrected chi connectivity index (χ1v) is 7.11. The second-order valence-corrected chi connectivity index (χ2v) is 4.92. The number of aromatic nitrogens is 3. The molecule has 0 bridgehead atoms. The van der Waals surface area contributed by atoms with Gasteiger partial charge in [-0.1, -0.05) is 31.9 Å². The molecule has 0 aliphatic heterocycles. The third kappa shape index (κ3) is 3.91. The van der Waals surface area contributed by atoms with E-state index in [0.29, 0.717) is 17.8 Å². The third-order valence-electron chi connectivity index (χ3n) is 3.29. The number of H-pyrrole nitrogens is 1. The predicted molar refractivity (Wildman–Crippen MR) is 80.2 cm³/mol. The van der Waals surface area contributed by atoms with E-state index in [2.05, 4.69) is 20.5 Å². The number of hydrogen-bond donors (Lipinski definition) is 3. The molecule has 1 heterocycles. The smallest absolute Gasteiger partial charge is 0.326 e. The summed E-state index contributed by atoms with van der Waals surface area (Å²) < 4.78 is 0. The molecule has 0 fully saturated rings. The van der Waals surface area contributed by atoms with Crippen LogP contribution >= 0.6 is 0 Å². The van der Waals surface area contributed by atoms with E-state index < -0.39 is 17.9 Å². The van der Waals surface area contributed by atoms with E-state index in [-0.39, 0.29) is 0 Å². The summed E-state index contributed by atoms with van der Waals surface area (Å²) in [4.78, 5) is 27.3. The van der Waals surface area contributed by atoms with Crippen molar-refractivity contribution in [2.24, 2.45) is 0 Å². The first-order valence-electron chi connectivity index (χ1n) is 7.11. The Morgan fingerprint density at radius 3 is 2.59 bits per heavy atom. The topological polar surface area (TPSA) is 108 Å². The Hall–Kier alpha value is -2.70. The Labute approximate surface area is 127 Å². The minimum atomic E-state index is -1.01. The highest BCUT2D eigenvalue weighted by molar-refractivity contribution is 5.96. The summed E-state index contributed by atoms with van der Waals surface area (Å²) in [5, 5.41) is 18.2. The lowest BCUT2D eigenvalue weighted by Gasteiger charge is -2.14. The summed E-state index contributed by atoms with van der Waals surface area (Å²) in [7, 11) is 0. The van der Waals surface area contributed by atoms with Gasteiger partial charge in [-0.25, -0.2) is 9.78 Å². The molecule has 1 aromatic carbocycles. The van der Waals surface area contributed by atoms with Gasteiger partial charge in [-0.15, -0.1) is 0 Å². The van der Waals surface area contributed by atoms with Gasteiger partial charge in [-0.2, -0.15) is 5.10 Å². The van der Waals surface area contributed by atoms with E-state index in [1.807, 2.05) is 6.92 Å². The number of aliphatic carboxylic acids is 1. The van der Waals surface area contributed by atoms with Crippen molar-refractivity contribution in [1.29, 1.82) is 0 Å². The largest absolute Gasteiger partial charge is 0.480 e. The number of hydrogen-bond acceptors (Lipinski definition) is 4. The Kier molecular flexibility index (Phi) is 5.24.